The van der Waals surface area contributed by atoms with Gasteiger partial charge in [-0.15, -0.1) is 0 Å². The van der Waals surface area contributed by atoms with Crippen LogP contribution < -0.4 is 0 Å². The molecule has 0 spiro atoms. The van der Waals surface area contributed by atoms with E-state index < -0.39 is 5.60 Å². The quantitative estimate of drug-likeness (QED) is 0.854. The number of Topliss-reactive ketones (excluding diaryl/α,β-unsaturated/α-hetero) is 1. The molecule has 20 heavy (non-hydrogen) atoms. The SMILES string of the molecule is C=C(c1ccc(C(C)=O)cc1)C(C)(O)c1ccccc1. The molecule has 0 radical (unpaired) electrons. The van der Waals surface area contributed by atoms with Crippen LogP contribution in [0.4, 0.5) is 0 Å². The summed E-state index contributed by atoms with van der Waals surface area (Å²) in [6, 6.07) is 16.6. The van der Waals surface area contributed by atoms with Gasteiger partial charge in [0.15, 0.2) is 5.78 Å². The van der Waals surface area contributed by atoms with Crippen LogP contribution in [0.5, 0.6) is 0 Å². The summed E-state index contributed by atoms with van der Waals surface area (Å²) in [6.07, 6.45) is 0. The number of carbonyl (C=O) groups is 1. The lowest BCUT2D eigenvalue weighted by atomic mass is 9.84. The van der Waals surface area contributed by atoms with Gasteiger partial charge in [0.25, 0.3) is 0 Å². The van der Waals surface area contributed by atoms with Crippen LogP contribution in [-0.4, -0.2) is 10.9 Å². The molecule has 0 aliphatic rings. The molecule has 2 rings (SSSR count). The van der Waals surface area contributed by atoms with Crippen molar-refractivity contribution >= 4 is 11.4 Å². The second-order valence-electron chi connectivity index (χ2n) is 5.05. The zero-order valence-corrected chi connectivity index (χ0v) is 11.8. The van der Waals surface area contributed by atoms with Crippen LogP contribution in [0.25, 0.3) is 5.57 Å². The number of rotatable bonds is 4. The Morgan fingerprint density at radius 2 is 1.50 bits per heavy atom. The minimum Gasteiger partial charge on any atom is -0.381 e. The Labute approximate surface area is 119 Å². The Kier molecular flexibility index (Phi) is 3.86. The van der Waals surface area contributed by atoms with Crippen LogP contribution in [0.15, 0.2) is 61.2 Å². The van der Waals surface area contributed by atoms with Crippen molar-refractivity contribution in [2.24, 2.45) is 0 Å². The van der Waals surface area contributed by atoms with Crippen LogP contribution in [-0.2, 0) is 5.60 Å². The first-order chi connectivity index (χ1) is 9.43. The second kappa shape index (κ2) is 5.43. The summed E-state index contributed by atoms with van der Waals surface area (Å²) < 4.78 is 0. The van der Waals surface area contributed by atoms with Crippen molar-refractivity contribution < 1.29 is 9.90 Å². The van der Waals surface area contributed by atoms with Gasteiger partial charge in [-0.3, -0.25) is 4.79 Å². The predicted octanol–water partition coefficient (Wildman–Crippen LogP) is 3.81. The molecular formula is C18H18O2. The lowest BCUT2D eigenvalue weighted by Crippen LogP contribution is -2.22. The molecular weight excluding hydrogens is 248 g/mol. The Morgan fingerprint density at radius 1 is 1.00 bits per heavy atom. The Morgan fingerprint density at radius 3 is 2.00 bits per heavy atom. The van der Waals surface area contributed by atoms with E-state index in [9.17, 15) is 9.90 Å². The highest BCUT2D eigenvalue weighted by Crippen LogP contribution is 2.34. The lowest BCUT2D eigenvalue weighted by Gasteiger charge is -2.27. The van der Waals surface area contributed by atoms with Gasteiger partial charge in [-0.05, 0) is 30.5 Å². The van der Waals surface area contributed by atoms with Gasteiger partial charge in [-0.1, -0.05) is 61.2 Å². The van der Waals surface area contributed by atoms with E-state index in [2.05, 4.69) is 6.58 Å². The molecule has 0 aromatic heterocycles. The van der Waals surface area contributed by atoms with Crippen LogP contribution in [0, 0.1) is 0 Å². The summed E-state index contributed by atoms with van der Waals surface area (Å²) in [7, 11) is 0. The molecule has 0 bridgehead atoms. The number of ketones is 1. The molecule has 0 amide bonds. The first-order valence-electron chi connectivity index (χ1n) is 6.51. The third-order valence-corrected chi connectivity index (χ3v) is 3.56. The molecule has 1 N–H and O–H groups in total. The fraction of sp³-hybridized carbons (Fsp3) is 0.167. The number of benzene rings is 2. The van der Waals surface area contributed by atoms with Gasteiger partial charge in [0.05, 0.1) is 0 Å². The topological polar surface area (TPSA) is 37.3 Å². The van der Waals surface area contributed by atoms with Crippen LogP contribution in [0.2, 0.25) is 0 Å². The number of carbonyl (C=O) groups excluding carboxylic acids is 1. The highest BCUT2D eigenvalue weighted by molar-refractivity contribution is 5.94. The second-order valence-corrected chi connectivity index (χ2v) is 5.05. The van der Waals surface area contributed by atoms with E-state index >= 15 is 0 Å². The zero-order chi connectivity index (χ0) is 14.8. The van der Waals surface area contributed by atoms with Gasteiger partial charge in [-0.2, -0.15) is 0 Å². The molecule has 2 nitrogen and oxygen atoms in total. The maximum atomic E-state index is 11.3. The van der Waals surface area contributed by atoms with Gasteiger partial charge in [0, 0.05) is 5.56 Å². The molecule has 0 aliphatic carbocycles. The van der Waals surface area contributed by atoms with Gasteiger partial charge in [-0.25, -0.2) is 0 Å². The summed E-state index contributed by atoms with van der Waals surface area (Å²) in [6.45, 7) is 7.27. The van der Waals surface area contributed by atoms with Crippen molar-refractivity contribution in [2.45, 2.75) is 19.4 Å². The third kappa shape index (κ3) is 2.70. The highest BCUT2D eigenvalue weighted by atomic mass is 16.3. The average molecular weight is 266 g/mol. The Balaban J connectivity index is 2.33. The molecule has 0 fully saturated rings. The molecule has 0 heterocycles. The van der Waals surface area contributed by atoms with Crippen LogP contribution in [0.1, 0.15) is 35.3 Å². The molecule has 1 unspecified atom stereocenters. The lowest BCUT2D eigenvalue weighted by molar-refractivity contribution is 0.101. The summed E-state index contributed by atoms with van der Waals surface area (Å²) in [5.74, 6) is 0.0250. The minimum atomic E-state index is -1.14. The van der Waals surface area contributed by atoms with Gasteiger partial charge in [0.1, 0.15) is 5.60 Å². The highest BCUT2D eigenvalue weighted by Gasteiger charge is 2.27. The Hall–Kier alpha value is -2.19. The maximum Gasteiger partial charge on any atom is 0.159 e. The fourth-order valence-corrected chi connectivity index (χ4v) is 2.12. The summed E-state index contributed by atoms with van der Waals surface area (Å²) in [4.78, 5) is 11.3. The van der Waals surface area contributed by atoms with E-state index in [1.807, 2.05) is 42.5 Å². The van der Waals surface area contributed by atoms with E-state index in [0.717, 1.165) is 11.1 Å². The van der Waals surface area contributed by atoms with Gasteiger partial charge < -0.3 is 5.11 Å². The summed E-state index contributed by atoms with van der Waals surface area (Å²) in [5.41, 5.74) is 1.74. The van der Waals surface area contributed by atoms with E-state index in [4.69, 9.17) is 0 Å². The summed E-state index contributed by atoms with van der Waals surface area (Å²) in [5, 5.41) is 10.7. The van der Waals surface area contributed by atoms with E-state index in [1.54, 1.807) is 19.1 Å². The monoisotopic (exact) mass is 266 g/mol. The molecule has 2 aromatic carbocycles. The van der Waals surface area contributed by atoms with E-state index in [0.29, 0.717) is 11.1 Å². The molecule has 2 aromatic rings. The fourth-order valence-electron chi connectivity index (χ4n) is 2.12. The first kappa shape index (κ1) is 14.2. The third-order valence-electron chi connectivity index (χ3n) is 3.56. The van der Waals surface area contributed by atoms with Crippen molar-refractivity contribution in [1.29, 1.82) is 0 Å². The predicted molar refractivity (Wildman–Crippen MR) is 81.5 cm³/mol. The largest absolute Gasteiger partial charge is 0.381 e. The molecule has 0 saturated heterocycles. The van der Waals surface area contributed by atoms with Crippen LogP contribution >= 0.6 is 0 Å². The van der Waals surface area contributed by atoms with Crippen molar-refractivity contribution in [2.75, 3.05) is 0 Å². The molecule has 1 atom stereocenters. The molecule has 0 aliphatic heterocycles. The smallest absolute Gasteiger partial charge is 0.159 e. The van der Waals surface area contributed by atoms with Crippen LogP contribution in [0.3, 0.4) is 0 Å². The van der Waals surface area contributed by atoms with Crippen molar-refractivity contribution in [1.82, 2.24) is 0 Å². The van der Waals surface area contributed by atoms with Gasteiger partial charge in [0.2, 0.25) is 0 Å². The summed E-state index contributed by atoms with van der Waals surface area (Å²) >= 11 is 0. The number of aliphatic hydroxyl groups is 1. The van der Waals surface area contributed by atoms with Crippen molar-refractivity contribution in [3.63, 3.8) is 0 Å². The van der Waals surface area contributed by atoms with E-state index in [-0.39, 0.29) is 5.78 Å². The molecule has 102 valence electrons. The standard InChI is InChI=1S/C18H18O2/c1-13(15-9-11-16(12-10-15)14(2)19)18(3,20)17-7-5-4-6-8-17/h4-12,20H,1H2,2-3H3. The first-order valence-corrected chi connectivity index (χ1v) is 6.51. The van der Waals surface area contributed by atoms with E-state index in [1.165, 1.54) is 6.92 Å². The Bertz CT molecular complexity index is 622. The van der Waals surface area contributed by atoms with Gasteiger partial charge >= 0.3 is 0 Å². The average Bonchev–Trinajstić information content (AvgIpc) is 2.47. The molecule has 2 heteroatoms. The van der Waals surface area contributed by atoms with Crippen molar-refractivity contribution in [3.8, 4) is 0 Å². The van der Waals surface area contributed by atoms with Crippen molar-refractivity contribution in [3.05, 3.63) is 77.9 Å². The maximum absolute atomic E-state index is 11.3. The molecule has 0 saturated carbocycles. The number of hydrogen-bond acceptors (Lipinski definition) is 2. The zero-order valence-electron chi connectivity index (χ0n) is 11.8. The number of hydrogen-bond donors (Lipinski definition) is 1. The minimum absolute atomic E-state index is 0.0250. The normalized spacial score (nSPS) is 13.6.